The quantitative estimate of drug-likeness (QED) is 0.183. The van der Waals surface area contributed by atoms with Crippen molar-refractivity contribution >= 4 is 29.0 Å². The standard InChI is InChI=1S/C33H30F3NO6/c34-33(35,36)43-27-16-14-24(15-17-27)29(38)20-28(23-8-6-22(7-9-23)21-4-2-1-3-5-21)31(41)25-10-12-26(13-11-25)32(42)37-19-18-30(39)40/h6-17,20-21H,1-5,18-19H2,(H,37,42)(H,39,40)/b28-20+. The summed E-state index contributed by atoms with van der Waals surface area (Å²) in [6.45, 7) is -0.0516. The molecular formula is C33H30F3NO6. The molecule has 4 rings (SSSR count). The Morgan fingerprint density at radius 2 is 1.35 bits per heavy atom. The lowest BCUT2D eigenvalue weighted by Gasteiger charge is -2.22. The number of carboxylic acids is 1. The maximum atomic E-state index is 13.7. The number of hydrogen-bond donors (Lipinski definition) is 2. The molecule has 0 saturated heterocycles. The molecule has 0 aromatic heterocycles. The topological polar surface area (TPSA) is 110 Å². The number of amides is 1. The highest BCUT2D eigenvalue weighted by Crippen LogP contribution is 2.33. The predicted molar refractivity (Wildman–Crippen MR) is 153 cm³/mol. The maximum Gasteiger partial charge on any atom is 0.573 e. The SMILES string of the molecule is O=C(O)CCNC(=O)c1ccc(C(=O)/C(=C/C(=O)c2ccc(OC(F)(F)F)cc2)c2ccc(C3CCCCC3)cc2)cc1. The molecule has 0 bridgehead atoms. The fourth-order valence-electron chi connectivity index (χ4n) is 5.00. The molecule has 0 spiro atoms. The molecule has 1 aliphatic rings. The van der Waals surface area contributed by atoms with Gasteiger partial charge in [0.2, 0.25) is 0 Å². The minimum atomic E-state index is -4.87. The van der Waals surface area contributed by atoms with Crippen LogP contribution in [0.15, 0.2) is 78.9 Å². The van der Waals surface area contributed by atoms with Crippen LogP contribution < -0.4 is 10.1 Å². The molecule has 2 N–H and O–H groups in total. The third-order valence-corrected chi connectivity index (χ3v) is 7.22. The van der Waals surface area contributed by atoms with E-state index in [1.54, 1.807) is 12.1 Å². The number of benzene rings is 3. The summed E-state index contributed by atoms with van der Waals surface area (Å²) in [7, 11) is 0. The van der Waals surface area contributed by atoms with Crippen molar-refractivity contribution < 1.29 is 42.2 Å². The van der Waals surface area contributed by atoms with E-state index in [9.17, 15) is 32.3 Å². The third-order valence-electron chi connectivity index (χ3n) is 7.22. The number of rotatable bonds is 11. The van der Waals surface area contributed by atoms with Crippen molar-refractivity contribution in [3.05, 3.63) is 107 Å². The van der Waals surface area contributed by atoms with Gasteiger partial charge in [-0.1, -0.05) is 55.7 Å². The number of aliphatic carboxylic acids is 1. The van der Waals surface area contributed by atoms with Gasteiger partial charge in [0.1, 0.15) is 5.75 Å². The van der Waals surface area contributed by atoms with Gasteiger partial charge >= 0.3 is 12.3 Å². The van der Waals surface area contributed by atoms with Crippen molar-refractivity contribution in [3.63, 3.8) is 0 Å². The molecule has 1 saturated carbocycles. The van der Waals surface area contributed by atoms with Crippen LogP contribution in [-0.2, 0) is 4.79 Å². The van der Waals surface area contributed by atoms with Crippen molar-refractivity contribution in [1.29, 1.82) is 0 Å². The molecule has 0 aliphatic heterocycles. The van der Waals surface area contributed by atoms with E-state index in [0.29, 0.717) is 11.5 Å². The van der Waals surface area contributed by atoms with Gasteiger partial charge in [-0.2, -0.15) is 0 Å². The zero-order chi connectivity index (χ0) is 31.0. The molecule has 1 aliphatic carbocycles. The van der Waals surface area contributed by atoms with Gasteiger partial charge in [0.05, 0.1) is 6.42 Å². The lowest BCUT2D eigenvalue weighted by atomic mass is 9.83. The fourth-order valence-corrected chi connectivity index (χ4v) is 5.00. The van der Waals surface area contributed by atoms with Crippen molar-refractivity contribution in [3.8, 4) is 5.75 Å². The number of ether oxygens (including phenoxy) is 1. The van der Waals surface area contributed by atoms with Gasteiger partial charge in [-0.25, -0.2) is 0 Å². The molecule has 43 heavy (non-hydrogen) atoms. The molecule has 0 unspecified atom stereocenters. The van der Waals surface area contributed by atoms with Crippen LogP contribution in [0.25, 0.3) is 5.57 Å². The number of carbonyl (C=O) groups excluding carboxylic acids is 3. The minimum Gasteiger partial charge on any atom is -0.481 e. The van der Waals surface area contributed by atoms with E-state index in [-0.39, 0.29) is 35.2 Å². The highest BCUT2D eigenvalue weighted by molar-refractivity contribution is 6.32. The summed E-state index contributed by atoms with van der Waals surface area (Å²) in [5.74, 6) is -2.68. The average Bonchev–Trinajstić information content (AvgIpc) is 2.99. The number of halogens is 3. The molecule has 10 heteroatoms. The first-order valence-electron chi connectivity index (χ1n) is 13.9. The number of nitrogens with one attached hydrogen (secondary N) is 1. The Balaban J connectivity index is 1.61. The molecule has 3 aromatic carbocycles. The largest absolute Gasteiger partial charge is 0.573 e. The molecule has 1 amide bonds. The zero-order valence-corrected chi connectivity index (χ0v) is 23.2. The summed E-state index contributed by atoms with van der Waals surface area (Å²) >= 11 is 0. The third kappa shape index (κ3) is 8.88. The molecule has 224 valence electrons. The van der Waals surface area contributed by atoms with E-state index in [1.807, 2.05) is 12.1 Å². The van der Waals surface area contributed by atoms with E-state index in [4.69, 9.17) is 5.11 Å². The van der Waals surface area contributed by atoms with Crippen LogP contribution in [0.4, 0.5) is 13.2 Å². The highest BCUT2D eigenvalue weighted by atomic mass is 19.4. The summed E-state index contributed by atoms with van der Waals surface area (Å²) in [6, 6.07) is 17.6. The Morgan fingerprint density at radius 3 is 1.93 bits per heavy atom. The van der Waals surface area contributed by atoms with Crippen LogP contribution in [0.3, 0.4) is 0 Å². The Morgan fingerprint density at radius 1 is 0.791 bits per heavy atom. The smallest absolute Gasteiger partial charge is 0.481 e. The normalized spacial score (nSPS) is 14.2. The van der Waals surface area contributed by atoms with Crippen LogP contribution in [0.2, 0.25) is 0 Å². The van der Waals surface area contributed by atoms with Crippen LogP contribution >= 0.6 is 0 Å². The van der Waals surface area contributed by atoms with Gasteiger partial charge in [0.15, 0.2) is 11.6 Å². The summed E-state index contributed by atoms with van der Waals surface area (Å²) in [5, 5.41) is 11.2. The molecule has 0 radical (unpaired) electrons. The molecule has 3 aromatic rings. The van der Waals surface area contributed by atoms with Crippen molar-refractivity contribution in [2.24, 2.45) is 0 Å². The second-order valence-electron chi connectivity index (χ2n) is 10.3. The fraction of sp³-hybridized carbons (Fsp3) is 0.273. The molecule has 0 atom stereocenters. The lowest BCUT2D eigenvalue weighted by Crippen LogP contribution is -2.26. The van der Waals surface area contributed by atoms with E-state index in [1.165, 1.54) is 42.8 Å². The lowest BCUT2D eigenvalue weighted by molar-refractivity contribution is -0.274. The number of carboxylic acid groups (broad SMARTS) is 1. The van der Waals surface area contributed by atoms with Crippen molar-refractivity contribution in [1.82, 2.24) is 5.32 Å². The van der Waals surface area contributed by atoms with E-state index >= 15 is 0 Å². The first-order chi connectivity index (χ1) is 20.5. The number of hydrogen-bond acceptors (Lipinski definition) is 5. The molecule has 0 heterocycles. The summed E-state index contributed by atoms with van der Waals surface area (Å²) < 4.78 is 41.5. The van der Waals surface area contributed by atoms with Gasteiger partial charge in [-0.15, -0.1) is 13.2 Å². The first-order valence-corrected chi connectivity index (χ1v) is 13.9. The maximum absolute atomic E-state index is 13.7. The van der Waals surface area contributed by atoms with E-state index < -0.39 is 35.6 Å². The Hall–Kier alpha value is -4.73. The Labute approximate surface area is 246 Å². The monoisotopic (exact) mass is 593 g/mol. The number of alkyl halides is 3. The number of carbonyl (C=O) groups is 4. The molecular weight excluding hydrogens is 563 g/mol. The van der Waals surface area contributed by atoms with E-state index in [2.05, 4.69) is 10.1 Å². The van der Waals surface area contributed by atoms with Crippen LogP contribution in [0.1, 0.15) is 86.6 Å². The van der Waals surface area contributed by atoms with Gasteiger partial charge in [-0.05, 0) is 72.4 Å². The minimum absolute atomic E-state index is 0.0516. The Kier molecular flexibility index (Phi) is 10.1. The first kappa shape index (κ1) is 31.2. The molecule has 7 nitrogen and oxygen atoms in total. The Bertz CT molecular complexity index is 1490. The second-order valence-corrected chi connectivity index (χ2v) is 10.3. The van der Waals surface area contributed by atoms with Gasteiger partial charge in [-0.3, -0.25) is 19.2 Å². The van der Waals surface area contributed by atoms with Crippen molar-refractivity contribution in [2.75, 3.05) is 6.54 Å². The number of Topliss-reactive ketones (excluding diaryl/α,β-unsaturated/α-hetero) is 1. The zero-order valence-electron chi connectivity index (χ0n) is 23.2. The predicted octanol–water partition coefficient (Wildman–Crippen LogP) is 6.99. The summed E-state index contributed by atoms with van der Waals surface area (Å²) in [5.41, 5.74) is 2.21. The summed E-state index contributed by atoms with van der Waals surface area (Å²) in [6.07, 6.45) is 1.75. The van der Waals surface area contributed by atoms with E-state index in [0.717, 1.165) is 49.5 Å². The van der Waals surface area contributed by atoms with Gasteiger partial charge in [0, 0.05) is 28.8 Å². The highest BCUT2D eigenvalue weighted by Gasteiger charge is 2.31. The van der Waals surface area contributed by atoms with Gasteiger partial charge in [0.25, 0.3) is 5.91 Å². The van der Waals surface area contributed by atoms with Crippen LogP contribution in [-0.4, -0.2) is 41.5 Å². The van der Waals surface area contributed by atoms with Gasteiger partial charge < -0.3 is 15.2 Å². The van der Waals surface area contributed by atoms with Crippen LogP contribution in [0, 0.1) is 0 Å². The van der Waals surface area contributed by atoms with Crippen molar-refractivity contribution in [2.45, 2.75) is 50.8 Å². The number of allylic oxidation sites excluding steroid dienone is 2. The average molecular weight is 594 g/mol. The number of ketones is 2. The van der Waals surface area contributed by atoms with Crippen LogP contribution in [0.5, 0.6) is 5.75 Å². The summed E-state index contributed by atoms with van der Waals surface area (Å²) in [4.78, 5) is 49.9. The second kappa shape index (κ2) is 14.0. The molecule has 1 fully saturated rings.